The molecule has 0 atom stereocenters. The van der Waals surface area contributed by atoms with E-state index in [9.17, 15) is 10.1 Å². The number of nitro groups is 1. The third kappa shape index (κ3) is 2.30. The summed E-state index contributed by atoms with van der Waals surface area (Å²) in [6.45, 7) is 0.500. The number of nitrogens with zero attached hydrogens (tertiary/aromatic N) is 3. The van der Waals surface area contributed by atoms with Crippen LogP contribution < -0.4 is 5.32 Å². The van der Waals surface area contributed by atoms with Crippen molar-refractivity contribution >= 4 is 33.6 Å². The van der Waals surface area contributed by atoms with Gasteiger partial charge in [0.25, 0.3) is 0 Å². The molecule has 0 bridgehead atoms. The first kappa shape index (κ1) is 12.5. The van der Waals surface area contributed by atoms with Crippen LogP contribution in [-0.2, 0) is 6.54 Å². The Labute approximate surface area is 118 Å². The summed E-state index contributed by atoms with van der Waals surface area (Å²) >= 11 is 1.50. The van der Waals surface area contributed by atoms with Crippen LogP contribution in [0.15, 0.2) is 42.2 Å². The van der Waals surface area contributed by atoms with Crippen LogP contribution in [0.1, 0.15) is 4.88 Å². The highest BCUT2D eigenvalue weighted by atomic mass is 32.1. The molecule has 3 rings (SSSR count). The summed E-state index contributed by atoms with van der Waals surface area (Å²) in [5.74, 6) is 0. The number of thiazole rings is 1. The largest absolute Gasteiger partial charge is 0.374 e. The second-order valence-corrected chi connectivity index (χ2v) is 5.08. The second kappa shape index (κ2) is 5.22. The topological polar surface area (TPSA) is 81.0 Å². The Morgan fingerprint density at radius 2 is 2.15 bits per heavy atom. The summed E-state index contributed by atoms with van der Waals surface area (Å²) in [7, 11) is 0. The number of anilines is 1. The molecule has 3 aromatic rings. The molecule has 0 fully saturated rings. The molecular weight excluding hydrogens is 276 g/mol. The smallest absolute Gasteiger partial charge is 0.311 e. The van der Waals surface area contributed by atoms with Crippen molar-refractivity contribution < 1.29 is 4.92 Å². The molecule has 1 aromatic carbocycles. The van der Waals surface area contributed by atoms with Gasteiger partial charge in [-0.1, -0.05) is 18.2 Å². The first-order valence-corrected chi connectivity index (χ1v) is 6.77. The van der Waals surface area contributed by atoms with Crippen LogP contribution in [0.25, 0.3) is 10.9 Å². The molecule has 0 aliphatic rings. The van der Waals surface area contributed by atoms with Crippen LogP contribution >= 0.6 is 11.3 Å². The number of nitrogens with one attached hydrogen (secondary N) is 1. The van der Waals surface area contributed by atoms with Crippen molar-refractivity contribution in [2.24, 2.45) is 0 Å². The number of hydrogen-bond acceptors (Lipinski definition) is 6. The average molecular weight is 286 g/mol. The van der Waals surface area contributed by atoms with Gasteiger partial charge in [0.05, 0.1) is 22.5 Å². The second-order valence-electron chi connectivity index (χ2n) is 4.11. The van der Waals surface area contributed by atoms with E-state index in [1.807, 2.05) is 24.3 Å². The molecule has 0 saturated heterocycles. The van der Waals surface area contributed by atoms with Crippen molar-refractivity contribution in [3.05, 3.63) is 57.2 Å². The minimum Gasteiger partial charge on any atom is -0.374 e. The highest BCUT2D eigenvalue weighted by Gasteiger charge is 2.17. The van der Waals surface area contributed by atoms with E-state index in [1.165, 1.54) is 17.5 Å². The van der Waals surface area contributed by atoms with E-state index >= 15 is 0 Å². The van der Waals surface area contributed by atoms with Crippen LogP contribution in [0.4, 0.5) is 11.4 Å². The Balaban J connectivity index is 2.05. The molecule has 0 aliphatic heterocycles. The number of aromatic nitrogens is 2. The van der Waals surface area contributed by atoms with Gasteiger partial charge in [0, 0.05) is 16.5 Å². The Hall–Kier alpha value is -2.54. The standard InChI is InChI=1S/C13H10N4O2S/c18-17(19)12-7-15-11-4-2-1-3-10(11)13(12)16-6-9-5-14-8-20-9/h1-5,7-8H,6H2,(H,15,16). The molecule has 6 nitrogen and oxygen atoms in total. The van der Waals surface area contributed by atoms with Crippen molar-refractivity contribution in [2.45, 2.75) is 6.54 Å². The van der Waals surface area contributed by atoms with Gasteiger partial charge < -0.3 is 5.32 Å². The Morgan fingerprint density at radius 3 is 2.90 bits per heavy atom. The van der Waals surface area contributed by atoms with E-state index in [0.29, 0.717) is 12.2 Å². The highest BCUT2D eigenvalue weighted by molar-refractivity contribution is 7.09. The predicted octanol–water partition coefficient (Wildman–Crippen LogP) is 3.21. The van der Waals surface area contributed by atoms with Crippen LogP contribution in [0.3, 0.4) is 0 Å². The summed E-state index contributed by atoms with van der Waals surface area (Å²) in [4.78, 5) is 19.8. The molecule has 0 aliphatic carbocycles. The fourth-order valence-corrected chi connectivity index (χ4v) is 2.49. The molecule has 7 heteroatoms. The highest BCUT2D eigenvalue weighted by Crippen LogP contribution is 2.31. The molecular formula is C13H10N4O2S. The minimum absolute atomic E-state index is 0.0202. The van der Waals surface area contributed by atoms with Gasteiger partial charge in [-0.3, -0.25) is 15.1 Å². The molecule has 100 valence electrons. The van der Waals surface area contributed by atoms with Gasteiger partial charge in [-0.2, -0.15) is 0 Å². The molecule has 2 aromatic heterocycles. The third-order valence-corrected chi connectivity index (χ3v) is 3.65. The molecule has 20 heavy (non-hydrogen) atoms. The maximum Gasteiger partial charge on any atom is 0.311 e. The zero-order valence-electron chi connectivity index (χ0n) is 10.3. The monoisotopic (exact) mass is 286 g/mol. The molecule has 0 spiro atoms. The van der Waals surface area contributed by atoms with Crippen molar-refractivity contribution in [2.75, 3.05) is 5.32 Å². The summed E-state index contributed by atoms with van der Waals surface area (Å²) in [5.41, 5.74) is 2.93. The summed E-state index contributed by atoms with van der Waals surface area (Å²) < 4.78 is 0. The zero-order valence-corrected chi connectivity index (χ0v) is 11.1. The first-order valence-electron chi connectivity index (χ1n) is 5.89. The average Bonchev–Trinajstić information content (AvgIpc) is 2.97. The Kier molecular flexibility index (Phi) is 3.26. The van der Waals surface area contributed by atoms with Crippen LogP contribution in [0.2, 0.25) is 0 Å². The quantitative estimate of drug-likeness (QED) is 0.588. The first-order chi connectivity index (χ1) is 9.75. The number of fused-ring (bicyclic) bond motifs is 1. The van der Waals surface area contributed by atoms with E-state index < -0.39 is 4.92 Å². The summed E-state index contributed by atoms with van der Waals surface area (Å²) in [6.07, 6.45) is 3.03. The van der Waals surface area contributed by atoms with Crippen LogP contribution in [-0.4, -0.2) is 14.9 Å². The molecule has 2 heterocycles. The molecule has 0 unspecified atom stereocenters. The minimum atomic E-state index is -0.422. The maximum absolute atomic E-state index is 11.1. The maximum atomic E-state index is 11.1. The van der Waals surface area contributed by atoms with E-state index in [-0.39, 0.29) is 5.69 Å². The van der Waals surface area contributed by atoms with Crippen molar-refractivity contribution in [3.63, 3.8) is 0 Å². The number of para-hydroxylation sites is 1. The van der Waals surface area contributed by atoms with Gasteiger partial charge in [-0.15, -0.1) is 11.3 Å². The van der Waals surface area contributed by atoms with Gasteiger partial charge >= 0.3 is 5.69 Å². The predicted molar refractivity (Wildman–Crippen MR) is 77.8 cm³/mol. The van der Waals surface area contributed by atoms with Gasteiger partial charge in [0.2, 0.25) is 0 Å². The molecule has 1 N–H and O–H groups in total. The molecule has 0 saturated carbocycles. The fourth-order valence-electron chi connectivity index (χ4n) is 1.96. The van der Waals surface area contributed by atoms with Crippen LogP contribution in [0.5, 0.6) is 0 Å². The van der Waals surface area contributed by atoms with Crippen molar-refractivity contribution in [1.82, 2.24) is 9.97 Å². The van der Waals surface area contributed by atoms with E-state index in [4.69, 9.17) is 0 Å². The SMILES string of the molecule is O=[N+]([O-])c1cnc2ccccc2c1NCc1cncs1. The van der Waals surface area contributed by atoms with E-state index in [1.54, 1.807) is 11.7 Å². The van der Waals surface area contributed by atoms with Crippen LogP contribution in [0, 0.1) is 10.1 Å². The van der Waals surface area contributed by atoms with E-state index in [0.717, 1.165) is 15.8 Å². The zero-order chi connectivity index (χ0) is 13.9. The Morgan fingerprint density at radius 1 is 1.30 bits per heavy atom. The number of rotatable bonds is 4. The van der Waals surface area contributed by atoms with Crippen molar-refractivity contribution in [1.29, 1.82) is 0 Å². The third-order valence-electron chi connectivity index (χ3n) is 2.88. The summed E-state index contributed by atoms with van der Waals surface area (Å²) in [6, 6.07) is 7.35. The molecule has 0 radical (unpaired) electrons. The lowest BCUT2D eigenvalue weighted by Gasteiger charge is -2.08. The van der Waals surface area contributed by atoms with Crippen molar-refractivity contribution in [3.8, 4) is 0 Å². The lowest BCUT2D eigenvalue weighted by molar-refractivity contribution is -0.384. The number of hydrogen-bond donors (Lipinski definition) is 1. The Bertz CT molecular complexity index is 758. The van der Waals surface area contributed by atoms with Gasteiger partial charge in [-0.25, -0.2) is 4.98 Å². The number of benzene rings is 1. The fraction of sp³-hybridized carbons (Fsp3) is 0.0769. The normalized spacial score (nSPS) is 10.6. The summed E-state index contributed by atoms with van der Waals surface area (Å²) in [5, 5.41) is 15.0. The lowest BCUT2D eigenvalue weighted by atomic mass is 10.1. The van der Waals surface area contributed by atoms with E-state index in [2.05, 4.69) is 15.3 Å². The van der Waals surface area contributed by atoms with Gasteiger partial charge in [0.1, 0.15) is 11.9 Å². The van der Waals surface area contributed by atoms with Gasteiger partial charge in [-0.05, 0) is 6.07 Å². The number of pyridine rings is 1. The molecule has 0 amide bonds. The van der Waals surface area contributed by atoms with Gasteiger partial charge in [0.15, 0.2) is 0 Å². The lowest BCUT2D eigenvalue weighted by Crippen LogP contribution is -2.03.